The standard InChI is InChI=1S/C14H19N3O3/c15-4-2-6-17(11-12-3-1-7-19-12)14(18)9-13-10-16-5-8-20-13/h1,3,7,13,16H,2,5-6,8-11H2. The van der Waals surface area contributed by atoms with Gasteiger partial charge in [-0.15, -0.1) is 0 Å². The maximum atomic E-state index is 12.3. The fourth-order valence-electron chi connectivity index (χ4n) is 2.14. The lowest BCUT2D eigenvalue weighted by Crippen LogP contribution is -2.42. The monoisotopic (exact) mass is 277 g/mol. The zero-order valence-electron chi connectivity index (χ0n) is 11.4. The summed E-state index contributed by atoms with van der Waals surface area (Å²) in [5.41, 5.74) is 0. The molecule has 0 aromatic carbocycles. The largest absolute Gasteiger partial charge is 0.467 e. The lowest BCUT2D eigenvalue weighted by Gasteiger charge is -2.26. The molecule has 0 radical (unpaired) electrons. The minimum absolute atomic E-state index is 0.00894. The summed E-state index contributed by atoms with van der Waals surface area (Å²) >= 11 is 0. The molecule has 1 saturated heterocycles. The number of nitriles is 1. The van der Waals surface area contributed by atoms with Crippen LogP contribution in [-0.4, -0.2) is 43.2 Å². The van der Waals surface area contributed by atoms with Crippen molar-refractivity contribution in [3.63, 3.8) is 0 Å². The Bertz CT molecular complexity index is 447. The number of nitrogens with zero attached hydrogens (tertiary/aromatic N) is 2. The third kappa shape index (κ3) is 4.37. The molecule has 20 heavy (non-hydrogen) atoms. The van der Waals surface area contributed by atoms with E-state index in [4.69, 9.17) is 14.4 Å². The number of ether oxygens (including phenoxy) is 1. The first-order chi connectivity index (χ1) is 9.79. The molecule has 1 atom stereocenters. The van der Waals surface area contributed by atoms with E-state index in [2.05, 4.69) is 11.4 Å². The molecule has 1 amide bonds. The van der Waals surface area contributed by atoms with Crippen molar-refractivity contribution in [1.82, 2.24) is 10.2 Å². The summed E-state index contributed by atoms with van der Waals surface area (Å²) in [6, 6.07) is 5.68. The Morgan fingerprint density at radius 3 is 3.15 bits per heavy atom. The van der Waals surface area contributed by atoms with Crippen LogP contribution in [0.15, 0.2) is 22.8 Å². The van der Waals surface area contributed by atoms with Crippen molar-refractivity contribution in [3.05, 3.63) is 24.2 Å². The van der Waals surface area contributed by atoms with Crippen LogP contribution in [-0.2, 0) is 16.1 Å². The molecule has 1 aliphatic rings. The van der Waals surface area contributed by atoms with Crippen molar-refractivity contribution < 1.29 is 13.9 Å². The molecule has 1 unspecified atom stereocenters. The van der Waals surface area contributed by atoms with Gasteiger partial charge in [0.1, 0.15) is 5.76 Å². The van der Waals surface area contributed by atoms with Gasteiger partial charge in [0.25, 0.3) is 0 Å². The average molecular weight is 277 g/mol. The van der Waals surface area contributed by atoms with Gasteiger partial charge >= 0.3 is 0 Å². The van der Waals surface area contributed by atoms with Gasteiger partial charge in [0, 0.05) is 19.6 Å². The van der Waals surface area contributed by atoms with Crippen molar-refractivity contribution >= 4 is 5.91 Å². The van der Waals surface area contributed by atoms with Crippen molar-refractivity contribution in [3.8, 4) is 6.07 Å². The van der Waals surface area contributed by atoms with Gasteiger partial charge in [-0.3, -0.25) is 4.79 Å². The molecule has 0 saturated carbocycles. The summed E-state index contributed by atoms with van der Waals surface area (Å²) in [6.07, 6.45) is 2.14. The van der Waals surface area contributed by atoms with Crippen molar-refractivity contribution in [1.29, 1.82) is 5.26 Å². The van der Waals surface area contributed by atoms with Gasteiger partial charge < -0.3 is 19.4 Å². The van der Waals surface area contributed by atoms with Crippen LogP contribution in [0.25, 0.3) is 0 Å². The van der Waals surface area contributed by atoms with E-state index in [1.165, 1.54) is 0 Å². The van der Waals surface area contributed by atoms with E-state index in [1.807, 2.05) is 6.07 Å². The minimum atomic E-state index is -0.0857. The number of amides is 1. The average Bonchev–Trinajstić information content (AvgIpc) is 2.97. The molecule has 0 aliphatic carbocycles. The van der Waals surface area contributed by atoms with E-state index in [0.29, 0.717) is 39.1 Å². The SMILES string of the molecule is N#CCCN(Cc1ccco1)C(=O)CC1CNCCO1. The highest BCUT2D eigenvalue weighted by molar-refractivity contribution is 5.76. The molecule has 108 valence electrons. The van der Waals surface area contributed by atoms with E-state index in [0.717, 1.165) is 12.3 Å². The predicted octanol–water partition coefficient (Wildman–Crippen LogP) is 0.900. The molecular formula is C14H19N3O3. The molecule has 1 aromatic rings. The van der Waals surface area contributed by atoms with Crippen molar-refractivity contribution in [2.75, 3.05) is 26.2 Å². The third-order valence-corrected chi connectivity index (χ3v) is 3.18. The van der Waals surface area contributed by atoms with E-state index in [1.54, 1.807) is 17.2 Å². The zero-order valence-corrected chi connectivity index (χ0v) is 11.4. The third-order valence-electron chi connectivity index (χ3n) is 3.18. The van der Waals surface area contributed by atoms with Gasteiger partial charge in [-0.2, -0.15) is 5.26 Å². The summed E-state index contributed by atoms with van der Waals surface area (Å²) in [4.78, 5) is 14.0. The van der Waals surface area contributed by atoms with E-state index >= 15 is 0 Å². The normalized spacial score (nSPS) is 18.4. The van der Waals surface area contributed by atoms with Crippen molar-refractivity contribution in [2.45, 2.75) is 25.5 Å². The fourth-order valence-corrected chi connectivity index (χ4v) is 2.14. The van der Waals surface area contributed by atoms with Crippen LogP contribution in [0.1, 0.15) is 18.6 Å². The number of morpholine rings is 1. The smallest absolute Gasteiger partial charge is 0.225 e. The number of hydrogen-bond donors (Lipinski definition) is 1. The zero-order chi connectivity index (χ0) is 14.2. The summed E-state index contributed by atoms with van der Waals surface area (Å²) in [6.45, 7) is 2.96. The first-order valence-corrected chi connectivity index (χ1v) is 6.79. The number of carbonyl (C=O) groups excluding carboxylic acids is 1. The van der Waals surface area contributed by atoms with Crippen LogP contribution in [0.5, 0.6) is 0 Å². The summed E-state index contributed by atoms with van der Waals surface area (Å²) < 4.78 is 10.8. The summed E-state index contributed by atoms with van der Waals surface area (Å²) in [7, 11) is 0. The second kappa shape index (κ2) is 7.68. The molecule has 1 aliphatic heterocycles. The second-order valence-electron chi connectivity index (χ2n) is 4.70. The van der Waals surface area contributed by atoms with Gasteiger partial charge in [0.05, 0.1) is 44.4 Å². The molecule has 6 heteroatoms. The molecule has 1 aromatic heterocycles. The molecular weight excluding hydrogens is 258 g/mol. The highest BCUT2D eigenvalue weighted by Crippen LogP contribution is 2.10. The number of nitrogens with one attached hydrogen (secondary N) is 1. The maximum Gasteiger partial charge on any atom is 0.225 e. The van der Waals surface area contributed by atoms with Gasteiger partial charge in [0.2, 0.25) is 5.91 Å². The molecule has 1 N–H and O–H groups in total. The molecule has 2 heterocycles. The van der Waals surface area contributed by atoms with Crippen molar-refractivity contribution in [2.24, 2.45) is 0 Å². The fraction of sp³-hybridized carbons (Fsp3) is 0.571. The van der Waals surface area contributed by atoms with E-state index in [9.17, 15) is 4.79 Å². The Balaban J connectivity index is 1.90. The van der Waals surface area contributed by atoms with Crippen LogP contribution < -0.4 is 5.32 Å². The van der Waals surface area contributed by atoms with Gasteiger partial charge in [-0.1, -0.05) is 0 Å². The first-order valence-electron chi connectivity index (χ1n) is 6.79. The topological polar surface area (TPSA) is 78.5 Å². The van der Waals surface area contributed by atoms with Crippen LogP contribution in [0.3, 0.4) is 0 Å². The predicted molar refractivity (Wildman–Crippen MR) is 71.6 cm³/mol. The molecule has 0 bridgehead atoms. The molecule has 0 spiro atoms. The summed E-state index contributed by atoms with van der Waals surface area (Å²) in [5.74, 6) is 0.712. The molecule has 6 nitrogen and oxygen atoms in total. The Morgan fingerprint density at radius 1 is 1.60 bits per heavy atom. The Kier molecular flexibility index (Phi) is 5.59. The van der Waals surface area contributed by atoms with Crippen LogP contribution in [0, 0.1) is 11.3 Å². The Labute approximate surface area is 118 Å². The first kappa shape index (κ1) is 14.6. The van der Waals surface area contributed by atoms with E-state index in [-0.39, 0.29) is 12.0 Å². The quantitative estimate of drug-likeness (QED) is 0.836. The molecule has 2 rings (SSSR count). The highest BCUT2D eigenvalue weighted by Gasteiger charge is 2.22. The summed E-state index contributed by atoms with van der Waals surface area (Å²) in [5, 5.41) is 11.9. The second-order valence-corrected chi connectivity index (χ2v) is 4.70. The van der Waals surface area contributed by atoms with Crippen LogP contribution in [0.2, 0.25) is 0 Å². The Hall–Kier alpha value is -1.84. The van der Waals surface area contributed by atoms with E-state index < -0.39 is 0 Å². The number of hydrogen-bond acceptors (Lipinski definition) is 5. The van der Waals surface area contributed by atoms with Gasteiger partial charge in [0.15, 0.2) is 0 Å². The lowest BCUT2D eigenvalue weighted by atomic mass is 10.2. The highest BCUT2D eigenvalue weighted by atomic mass is 16.5. The Morgan fingerprint density at radius 2 is 2.50 bits per heavy atom. The number of rotatable bonds is 6. The lowest BCUT2D eigenvalue weighted by molar-refractivity contribution is -0.135. The number of carbonyl (C=O) groups is 1. The molecule has 1 fully saturated rings. The maximum absolute atomic E-state index is 12.3. The van der Waals surface area contributed by atoms with Gasteiger partial charge in [-0.25, -0.2) is 0 Å². The minimum Gasteiger partial charge on any atom is -0.467 e. The van der Waals surface area contributed by atoms with Gasteiger partial charge in [-0.05, 0) is 12.1 Å². The number of furan rings is 1. The van der Waals surface area contributed by atoms with Crippen LogP contribution >= 0.6 is 0 Å². The van der Waals surface area contributed by atoms with Crippen LogP contribution in [0.4, 0.5) is 0 Å².